The molecule has 1 N–H and O–H groups in total. The summed E-state index contributed by atoms with van der Waals surface area (Å²) in [6, 6.07) is 4.42. The van der Waals surface area contributed by atoms with E-state index in [1.54, 1.807) is 6.07 Å². The van der Waals surface area contributed by atoms with Crippen LogP contribution in [0.4, 0.5) is 4.39 Å². The standard InChI is InChI=1S/C16H20BFO4/c1-15(2)16(3,4)22-17(21-15)13-7-9(18)5-6-10(13)11-8-12(11)14(19)20/h5-7,11-12H,8H2,1-4H3,(H,19,20)/t11-,12+/m0/s1. The second-order valence-electron chi connectivity index (χ2n) is 7.15. The molecule has 2 fully saturated rings. The maximum atomic E-state index is 13.7. The Morgan fingerprint density at radius 1 is 1.27 bits per heavy atom. The molecule has 2 atom stereocenters. The van der Waals surface area contributed by atoms with Crippen LogP contribution >= 0.6 is 0 Å². The van der Waals surface area contributed by atoms with Gasteiger partial charge in [-0.25, -0.2) is 4.39 Å². The Morgan fingerprint density at radius 3 is 2.36 bits per heavy atom. The Balaban J connectivity index is 1.95. The lowest BCUT2D eigenvalue weighted by Gasteiger charge is -2.32. The largest absolute Gasteiger partial charge is 0.495 e. The average molecular weight is 306 g/mol. The summed E-state index contributed by atoms with van der Waals surface area (Å²) in [6.45, 7) is 7.73. The average Bonchev–Trinajstić information content (AvgIpc) is 3.13. The van der Waals surface area contributed by atoms with E-state index in [9.17, 15) is 9.18 Å². The molecule has 1 aliphatic heterocycles. The van der Waals surface area contributed by atoms with Gasteiger partial charge in [-0.2, -0.15) is 0 Å². The van der Waals surface area contributed by atoms with Crippen molar-refractivity contribution in [2.24, 2.45) is 5.92 Å². The van der Waals surface area contributed by atoms with Crippen LogP contribution in [0.5, 0.6) is 0 Å². The van der Waals surface area contributed by atoms with Gasteiger partial charge in [-0.3, -0.25) is 4.79 Å². The smallest absolute Gasteiger partial charge is 0.481 e. The molecule has 1 aromatic rings. The van der Waals surface area contributed by atoms with Crippen molar-refractivity contribution < 1.29 is 23.6 Å². The predicted octanol–water partition coefficient (Wildman–Crippen LogP) is 2.31. The first kappa shape index (κ1) is 15.5. The number of benzene rings is 1. The van der Waals surface area contributed by atoms with Crippen molar-refractivity contribution in [1.29, 1.82) is 0 Å². The van der Waals surface area contributed by atoms with Crippen LogP contribution in [0.1, 0.15) is 45.6 Å². The van der Waals surface area contributed by atoms with E-state index in [1.807, 2.05) is 27.7 Å². The third-order valence-electron chi connectivity index (χ3n) is 5.06. The van der Waals surface area contributed by atoms with Crippen LogP contribution in [0.25, 0.3) is 0 Å². The fourth-order valence-electron chi connectivity index (χ4n) is 2.87. The van der Waals surface area contributed by atoms with Crippen molar-refractivity contribution >= 4 is 18.6 Å². The van der Waals surface area contributed by atoms with Crippen LogP contribution in [0.3, 0.4) is 0 Å². The topological polar surface area (TPSA) is 55.8 Å². The summed E-state index contributed by atoms with van der Waals surface area (Å²) in [5.41, 5.74) is 0.383. The number of carboxylic acids is 1. The van der Waals surface area contributed by atoms with E-state index in [-0.39, 0.29) is 11.7 Å². The molecule has 6 heteroatoms. The van der Waals surface area contributed by atoms with Crippen molar-refractivity contribution in [3.63, 3.8) is 0 Å². The van der Waals surface area contributed by atoms with Crippen molar-refractivity contribution in [3.8, 4) is 0 Å². The van der Waals surface area contributed by atoms with Crippen LogP contribution in [0.15, 0.2) is 18.2 Å². The normalized spacial score (nSPS) is 28.7. The number of carbonyl (C=O) groups is 1. The van der Waals surface area contributed by atoms with Gasteiger partial charge in [0.1, 0.15) is 5.82 Å². The molecule has 0 amide bonds. The Labute approximate surface area is 129 Å². The zero-order chi connectivity index (χ0) is 16.3. The Bertz CT molecular complexity index is 613. The Kier molecular flexibility index (Phi) is 3.38. The highest BCUT2D eigenvalue weighted by atomic mass is 19.1. The second-order valence-corrected chi connectivity index (χ2v) is 7.15. The van der Waals surface area contributed by atoms with E-state index in [2.05, 4.69) is 0 Å². The monoisotopic (exact) mass is 306 g/mol. The van der Waals surface area contributed by atoms with Crippen LogP contribution in [0.2, 0.25) is 0 Å². The van der Waals surface area contributed by atoms with Crippen LogP contribution in [0, 0.1) is 11.7 Å². The number of rotatable bonds is 3. The molecule has 1 saturated carbocycles. The van der Waals surface area contributed by atoms with Crippen molar-refractivity contribution in [3.05, 3.63) is 29.6 Å². The van der Waals surface area contributed by atoms with Crippen molar-refractivity contribution in [1.82, 2.24) is 0 Å². The molecule has 0 radical (unpaired) electrons. The fourth-order valence-corrected chi connectivity index (χ4v) is 2.87. The van der Waals surface area contributed by atoms with E-state index in [0.717, 1.165) is 5.56 Å². The van der Waals surface area contributed by atoms with Gasteiger partial charge >= 0.3 is 13.1 Å². The summed E-state index contributed by atoms with van der Waals surface area (Å²) in [6.07, 6.45) is 0.577. The minimum Gasteiger partial charge on any atom is -0.481 e. The first-order valence-electron chi connectivity index (χ1n) is 7.50. The Morgan fingerprint density at radius 2 is 1.86 bits per heavy atom. The quantitative estimate of drug-likeness (QED) is 0.871. The third-order valence-corrected chi connectivity index (χ3v) is 5.06. The van der Waals surface area contributed by atoms with E-state index < -0.39 is 30.2 Å². The Hall–Kier alpha value is -1.40. The van der Waals surface area contributed by atoms with Crippen LogP contribution in [-0.4, -0.2) is 29.4 Å². The van der Waals surface area contributed by atoms with E-state index in [4.69, 9.17) is 14.4 Å². The molecule has 22 heavy (non-hydrogen) atoms. The third kappa shape index (κ3) is 2.44. The van der Waals surface area contributed by atoms with Crippen molar-refractivity contribution in [2.75, 3.05) is 0 Å². The van der Waals surface area contributed by atoms with E-state index in [1.165, 1.54) is 12.1 Å². The summed E-state index contributed by atoms with van der Waals surface area (Å²) in [5.74, 6) is -1.67. The molecule has 0 spiro atoms. The zero-order valence-corrected chi connectivity index (χ0v) is 13.2. The second kappa shape index (κ2) is 4.80. The molecule has 1 aromatic carbocycles. The lowest BCUT2D eigenvalue weighted by Crippen LogP contribution is -2.41. The summed E-state index contributed by atoms with van der Waals surface area (Å²) < 4.78 is 25.7. The lowest BCUT2D eigenvalue weighted by molar-refractivity contribution is -0.138. The van der Waals surface area contributed by atoms with Gasteiger partial charge in [-0.1, -0.05) is 6.07 Å². The highest BCUT2D eigenvalue weighted by Crippen LogP contribution is 2.47. The highest BCUT2D eigenvalue weighted by Gasteiger charge is 2.54. The molecule has 1 aliphatic carbocycles. The molecule has 3 rings (SSSR count). The summed E-state index contributed by atoms with van der Waals surface area (Å²) >= 11 is 0. The van der Waals surface area contributed by atoms with Gasteiger partial charge in [0.15, 0.2) is 0 Å². The lowest BCUT2D eigenvalue weighted by atomic mass is 9.74. The first-order chi connectivity index (χ1) is 10.1. The predicted molar refractivity (Wildman–Crippen MR) is 80.6 cm³/mol. The van der Waals surface area contributed by atoms with Gasteiger partial charge in [0.05, 0.1) is 17.1 Å². The van der Waals surface area contributed by atoms with Crippen LogP contribution in [-0.2, 0) is 14.1 Å². The minimum atomic E-state index is -0.811. The van der Waals surface area contributed by atoms with Gasteiger partial charge in [0.2, 0.25) is 0 Å². The molecule has 0 aromatic heterocycles. The van der Waals surface area contributed by atoms with Crippen LogP contribution < -0.4 is 5.46 Å². The molecule has 0 unspecified atom stereocenters. The van der Waals surface area contributed by atoms with Gasteiger partial charge < -0.3 is 14.4 Å². The zero-order valence-electron chi connectivity index (χ0n) is 13.2. The SMILES string of the molecule is CC1(C)OB(c2cc(F)ccc2[C@@H]2C[C@H]2C(=O)O)OC1(C)C. The maximum absolute atomic E-state index is 13.7. The van der Waals surface area contributed by atoms with Gasteiger partial charge in [0, 0.05) is 0 Å². The molecule has 4 nitrogen and oxygen atoms in total. The first-order valence-corrected chi connectivity index (χ1v) is 7.50. The molecular formula is C16H20BFO4. The minimum absolute atomic E-state index is 0.0906. The summed E-state index contributed by atoms with van der Waals surface area (Å²) in [4.78, 5) is 11.1. The van der Waals surface area contributed by atoms with E-state index in [0.29, 0.717) is 11.9 Å². The number of carboxylic acid groups (broad SMARTS) is 1. The fraction of sp³-hybridized carbons (Fsp3) is 0.562. The molecule has 1 heterocycles. The van der Waals surface area contributed by atoms with Gasteiger partial charge in [-0.05, 0) is 63.2 Å². The molecular weight excluding hydrogens is 286 g/mol. The van der Waals surface area contributed by atoms with Crippen molar-refractivity contribution in [2.45, 2.75) is 51.2 Å². The molecule has 0 bridgehead atoms. The molecule has 1 saturated heterocycles. The van der Waals surface area contributed by atoms with Gasteiger partial charge in [-0.15, -0.1) is 0 Å². The number of hydrogen-bond donors (Lipinski definition) is 1. The number of aliphatic carboxylic acids is 1. The summed E-state index contributed by atoms with van der Waals surface area (Å²) in [7, 11) is -0.675. The maximum Gasteiger partial charge on any atom is 0.495 e. The summed E-state index contributed by atoms with van der Waals surface area (Å²) in [5, 5.41) is 9.13. The highest BCUT2D eigenvalue weighted by molar-refractivity contribution is 6.62. The molecule has 2 aliphatic rings. The van der Waals surface area contributed by atoms with Gasteiger partial charge in [0.25, 0.3) is 0 Å². The van der Waals surface area contributed by atoms with E-state index >= 15 is 0 Å². The number of hydrogen-bond acceptors (Lipinski definition) is 3. The number of halogens is 1. The molecule has 118 valence electrons.